The van der Waals surface area contributed by atoms with Crippen LogP contribution in [0.2, 0.25) is 0 Å². The fourth-order valence-corrected chi connectivity index (χ4v) is 3.76. The molecule has 0 saturated carbocycles. The number of thioether (sulfide) groups is 1. The standard InChI is InChI=1S/C15H10N2O2S/c18-17(19)9-5-6-14-11(7-9)15-12(8-20-14)10-3-1-2-4-13(10)16-15/h1-7,16H,8H2. The van der Waals surface area contributed by atoms with Crippen LogP contribution >= 0.6 is 11.8 Å². The maximum absolute atomic E-state index is 11.0. The molecule has 4 nitrogen and oxygen atoms in total. The molecule has 0 unspecified atom stereocenters. The van der Waals surface area contributed by atoms with E-state index in [0.29, 0.717) is 0 Å². The third-order valence-corrected chi connectivity index (χ3v) is 4.73. The normalized spacial score (nSPS) is 13.0. The van der Waals surface area contributed by atoms with Crippen LogP contribution in [0.1, 0.15) is 5.56 Å². The highest BCUT2D eigenvalue weighted by molar-refractivity contribution is 7.98. The summed E-state index contributed by atoms with van der Waals surface area (Å²) in [4.78, 5) is 15.1. The number of hydrogen-bond acceptors (Lipinski definition) is 3. The highest BCUT2D eigenvalue weighted by Gasteiger charge is 2.23. The number of para-hydroxylation sites is 1. The van der Waals surface area contributed by atoms with Crippen molar-refractivity contribution in [2.75, 3.05) is 0 Å². The molecule has 0 radical (unpaired) electrons. The Morgan fingerprint density at radius 1 is 1.20 bits per heavy atom. The Bertz CT molecular complexity index is 854. The van der Waals surface area contributed by atoms with Gasteiger partial charge in [0.25, 0.3) is 5.69 Å². The molecule has 5 heteroatoms. The van der Waals surface area contributed by atoms with E-state index in [1.54, 1.807) is 23.9 Å². The molecular weight excluding hydrogens is 272 g/mol. The van der Waals surface area contributed by atoms with Crippen molar-refractivity contribution in [3.63, 3.8) is 0 Å². The first-order valence-corrected chi connectivity index (χ1v) is 7.24. The van der Waals surface area contributed by atoms with Gasteiger partial charge in [-0.25, -0.2) is 0 Å². The smallest absolute Gasteiger partial charge is 0.270 e. The van der Waals surface area contributed by atoms with Gasteiger partial charge in [0, 0.05) is 39.2 Å². The van der Waals surface area contributed by atoms with Gasteiger partial charge in [0.2, 0.25) is 0 Å². The van der Waals surface area contributed by atoms with E-state index in [1.165, 1.54) is 10.9 Å². The minimum absolute atomic E-state index is 0.135. The molecule has 3 aromatic rings. The number of hydrogen-bond donors (Lipinski definition) is 1. The molecule has 20 heavy (non-hydrogen) atoms. The number of fused-ring (bicyclic) bond motifs is 5. The minimum Gasteiger partial charge on any atom is -0.354 e. The van der Waals surface area contributed by atoms with Crippen molar-refractivity contribution in [3.8, 4) is 11.3 Å². The average Bonchev–Trinajstić information content (AvgIpc) is 2.85. The molecule has 0 fully saturated rings. The lowest BCUT2D eigenvalue weighted by Crippen LogP contribution is -1.96. The van der Waals surface area contributed by atoms with Gasteiger partial charge in [0.15, 0.2) is 0 Å². The second-order valence-corrected chi connectivity index (χ2v) is 5.77. The Balaban J connectivity index is 2.02. The molecule has 0 aliphatic carbocycles. The Morgan fingerprint density at radius 2 is 2.05 bits per heavy atom. The lowest BCUT2D eigenvalue weighted by atomic mass is 10.1. The number of nitro groups is 1. The highest BCUT2D eigenvalue weighted by Crippen LogP contribution is 2.45. The van der Waals surface area contributed by atoms with E-state index in [4.69, 9.17) is 0 Å². The SMILES string of the molecule is O=[N+]([O-])c1ccc2c(c1)-c1[nH]c3ccccc3c1CS2. The second-order valence-electron chi connectivity index (χ2n) is 4.75. The number of H-pyrrole nitrogens is 1. The first-order valence-electron chi connectivity index (χ1n) is 6.25. The van der Waals surface area contributed by atoms with Crippen molar-refractivity contribution in [1.29, 1.82) is 0 Å². The average molecular weight is 282 g/mol. The van der Waals surface area contributed by atoms with Crippen LogP contribution in [-0.2, 0) is 5.75 Å². The van der Waals surface area contributed by atoms with Crippen molar-refractivity contribution in [1.82, 2.24) is 4.98 Å². The van der Waals surface area contributed by atoms with E-state index < -0.39 is 0 Å². The molecule has 0 atom stereocenters. The van der Waals surface area contributed by atoms with Crippen molar-refractivity contribution in [2.24, 2.45) is 0 Å². The lowest BCUT2D eigenvalue weighted by Gasteiger charge is -2.15. The zero-order chi connectivity index (χ0) is 13.7. The fourth-order valence-electron chi connectivity index (χ4n) is 2.68. The van der Waals surface area contributed by atoms with E-state index in [0.717, 1.165) is 27.4 Å². The lowest BCUT2D eigenvalue weighted by molar-refractivity contribution is -0.384. The van der Waals surface area contributed by atoms with Gasteiger partial charge in [-0.15, -0.1) is 11.8 Å². The van der Waals surface area contributed by atoms with Crippen molar-refractivity contribution in [2.45, 2.75) is 10.6 Å². The topological polar surface area (TPSA) is 58.9 Å². The summed E-state index contributed by atoms with van der Waals surface area (Å²) in [5.41, 5.74) is 4.40. The van der Waals surface area contributed by atoms with Crippen molar-refractivity contribution >= 4 is 28.4 Å². The summed E-state index contributed by atoms with van der Waals surface area (Å²) in [6.45, 7) is 0. The fraction of sp³-hybridized carbons (Fsp3) is 0.0667. The number of nitrogens with zero attached hydrogens (tertiary/aromatic N) is 1. The Hall–Kier alpha value is -2.27. The van der Waals surface area contributed by atoms with E-state index in [2.05, 4.69) is 11.1 Å². The van der Waals surface area contributed by atoms with Crippen molar-refractivity contribution < 1.29 is 4.92 Å². The zero-order valence-corrected chi connectivity index (χ0v) is 11.2. The molecule has 0 saturated heterocycles. The molecule has 0 bridgehead atoms. The van der Waals surface area contributed by atoms with E-state index in [-0.39, 0.29) is 10.6 Å². The Morgan fingerprint density at radius 3 is 2.90 bits per heavy atom. The minimum atomic E-state index is -0.345. The summed E-state index contributed by atoms with van der Waals surface area (Å²) < 4.78 is 0. The highest BCUT2D eigenvalue weighted by atomic mass is 32.2. The molecule has 1 aromatic heterocycles. The molecule has 1 aliphatic heterocycles. The van der Waals surface area contributed by atoms with Gasteiger partial charge in [-0.05, 0) is 17.7 Å². The molecule has 1 aliphatic rings. The third-order valence-electron chi connectivity index (χ3n) is 3.63. The third kappa shape index (κ3) is 1.56. The molecule has 98 valence electrons. The van der Waals surface area contributed by atoms with Crippen LogP contribution in [0, 0.1) is 10.1 Å². The largest absolute Gasteiger partial charge is 0.354 e. The number of aromatic nitrogens is 1. The predicted molar refractivity (Wildman–Crippen MR) is 80.0 cm³/mol. The van der Waals surface area contributed by atoms with Crippen LogP contribution in [0.5, 0.6) is 0 Å². The van der Waals surface area contributed by atoms with Gasteiger partial charge in [0.1, 0.15) is 0 Å². The summed E-state index contributed by atoms with van der Waals surface area (Å²) >= 11 is 1.73. The van der Waals surface area contributed by atoms with E-state index >= 15 is 0 Å². The molecule has 4 rings (SSSR count). The Labute approximate surface area is 119 Å². The van der Waals surface area contributed by atoms with Crippen molar-refractivity contribution in [3.05, 3.63) is 58.1 Å². The Kier molecular flexibility index (Phi) is 2.37. The summed E-state index contributed by atoms with van der Waals surface area (Å²) in [7, 11) is 0. The first-order chi connectivity index (χ1) is 9.74. The summed E-state index contributed by atoms with van der Waals surface area (Å²) in [5, 5.41) is 12.2. The van der Waals surface area contributed by atoms with Gasteiger partial charge < -0.3 is 4.98 Å². The predicted octanol–water partition coefficient (Wildman–Crippen LogP) is 4.35. The number of aromatic amines is 1. The van der Waals surface area contributed by atoms with Gasteiger partial charge in [-0.2, -0.15) is 0 Å². The quantitative estimate of drug-likeness (QED) is 0.533. The molecule has 0 amide bonds. The summed E-state index contributed by atoms with van der Waals surface area (Å²) in [5.74, 6) is 0.893. The second kappa shape index (κ2) is 4.11. The number of non-ortho nitro benzene ring substituents is 1. The maximum atomic E-state index is 11.0. The van der Waals surface area contributed by atoms with Gasteiger partial charge in [-0.3, -0.25) is 10.1 Å². The van der Waals surface area contributed by atoms with E-state index in [1.807, 2.05) is 24.3 Å². The molecule has 2 aromatic carbocycles. The maximum Gasteiger partial charge on any atom is 0.270 e. The van der Waals surface area contributed by atoms with E-state index in [9.17, 15) is 10.1 Å². The number of rotatable bonds is 1. The number of nitro benzene ring substituents is 1. The van der Waals surface area contributed by atoms with Crippen LogP contribution in [-0.4, -0.2) is 9.91 Å². The monoisotopic (exact) mass is 282 g/mol. The van der Waals surface area contributed by atoms with Crippen LogP contribution in [0.4, 0.5) is 5.69 Å². The van der Waals surface area contributed by atoms with Gasteiger partial charge >= 0.3 is 0 Å². The number of benzene rings is 2. The number of nitrogens with one attached hydrogen (secondary N) is 1. The molecule has 1 N–H and O–H groups in total. The molecule has 2 heterocycles. The van der Waals surface area contributed by atoms with Gasteiger partial charge in [-0.1, -0.05) is 18.2 Å². The van der Waals surface area contributed by atoms with Crippen LogP contribution in [0.15, 0.2) is 47.4 Å². The summed E-state index contributed by atoms with van der Waals surface area (Å²) in [6.07, 6.45) is 0. The van der Waals surface area contributed by atoms with Crippen LogP contribution in [0.25, 0.3) is 22.2 Å². The first kappa shape index (κ1) is 11.5. The van der Waals surface area contributed by atoms with Crippen LogP contribution in [0.3, 0.4) is 0 Å². The van der Waals surface area contributed by atoms with Crippen LogP contribution < -0.4 is 0 Å². The van der Waals surface area contributed by atoms with Gasteiger partial charge in [0.05, 0.1) is 10.6 Å². The molecule has 0 spiro atoms. The zero-order valence-electron chi connectivity index (χ0n) is 10.4. The molecular formula is C15H10N2O2S. The summed E-state index contributed by atoms with van der Waals surface area (Å²) in [6, 6.07) is 13.2.